The Balaban J connectivity index is 1.90. The molecule has 86 valence electrons. The van der Waals surface area contributed by atoms with Crippen LogP contribution in [0.5, 0.6) is 0 Å². The Kier molecular flexibility index (Phi) is 3.74. The number of aryl methyl sites for hydroxylation is 1. The summed E-state index contributed by atoms with van der Waals surface area (Å²) in [5.74, 6) is 0. The molecule has 0 aliphatic heterocycles. The van der Waals surface area contributed by atoms with Gasteiger partial charge in [0.1, 0.15) is 0 Å². The minimum Gasteiger partial charge on any atom is -0.305 e. The van der Waals surface area contributed by atoms with Crippen molar-refractivity contribution in [3.05, 3.63) is 39.8 Å². The van der Waals surface area contributed by atoms with E-state index in [1.54, 1.807) is 0 Å². The van der Waals surface area contributed by atoms with E-state index in [9.17, 15) is 0 Å². The van der Waals surface area contributed by atoms with Crippen molar-refractivity contribution in [3.63, 3.8) is 0 Å². The predicted molar refractivity (Wildman–Crippen MR) is 67.5 cm³/mol. The van der Waals surface area contributed by atoms with Gasteiger partial charge in [0, 0.05) is 34.1 Å². The number of nitrogens with zero attached hydrogens (tertiary/aromatic N) is 1. The SMILES string of the molecule is CCc1ccc(C(C)NCc2cn[nH]c2)s1. The number of hydrogen-bond donors (Lipinski definition) is 2. The van der Waals surface area contributed by atoms with E-state index in [2.05, 4.69) is 41.5 Å². The molecule has 0 fully saturated rings. The Hall–Kier alpha value is -1.13. The molecule has 1 unspecified atom stereocenters. The van der Waals surface area contributed by atoms with Crippen molar-refractivity contribution in [1.82, 2.24) is 15.5 Å². The summed E-state index contributed by atoms with van der Waals surface area (Å²) in [6, 6.07) is 4.84. The maximum absolute atomic E-state index is 3.93. The lowest BCUT2D eigenvalue weighted by molar-refractivity contribution is 0.583. The second-order valence-electron chi connectivity index (χ2n) is 3.87. The van der Waals surface area contributed by atoms with Crippen LogP contribution in [-0.2, 0) is 13.0 Å². The van der Waals surface area contributed by atoms with Crippen molar-refractivity contribution in [2.24, 2.45) is 0 Å². The van der Waals surface area contributed by atoms with E-state index < -0.39 is 0 Å². The van der Waals surface area contributed by atoms with Gasteiger partial charge >= 0.3 is 0 Å². The van der Waals surface area contributed by atoms with Gasteiger partial charge in [-0.05, 0) is 25.5 Å². The molecule has 3 nitrogen and oxygen atoms in total. The first-order chi connectivity index (χ1) is 7.79. The maximum atomic E-state index is 3.93. The lowest BCUT2D eigenvalue weighted by Gasteiger charge is -2.10. The van der Waals surface area contributed by atoms with Crippen LogP contribution in [0.3, 0.4) is 0 Å². The zero-order chi connectivity index (χ0) is 11.4. The average molecular weight is 235 g/mol. The van der Waals surface area contributed by atoms with Gasteiger partial charge in [0.25, 0.3) is 0 Å². The highest BCUT2D eigenvalue weighted by molar-refractivity contribution is 7.12. The first-order valence-electron chi connectivity index (χ1n) is 5.59. The first-order valence-corrected chi connectivity index (χ1v) is 6.41. The van der Waals surface area contributed by atoms with Gasteiger partial charge in [0.05, 0.1) is 6.20 Å². The Morgan fingerprint density at radius 2 is 2.38 bits per heavy atom. The summed E-state index contributed by atoms with van der Waals surface area (Å²) >= 11 is 1.89. The third kappa shape index (κ3) is 2.71. The molecule has 0 aromatic carbocycles. The van der Waals surface area contributed by atoms with Gasteiger partial charge in [-0.3, -0.25) is 5.10 Å². The van der Waals surface area contributed by atoms with Gasteiger partial charge < -0.3 is 5.32 Å². The molecule has 1 atom stereocenters. The monoisotopic (exact) mass is 235 g/mol. The molecule has 0 amide bonds. The van der Waals surface area contributed by atoms with E-state index in [0.717, 1.165) is 13.0 Å². The summed E-state index contributed by atoms with van der Waals surface area (Å²) in [5, 5.41) is 10.2. The van der Waals surface area contributed by atoms with Crippen molar-refractivity contribution >= 4 is 11.3 Å². The van der Waals surface area contributed by atoms with E-state index in [0.29, 0.717) is 6.04 Å². The summed E-state index contributed by atoms with van der Waals surface area (Å²) in [6.07, 6.45) is 4.90. The number of H-pyrrole nitrogens is 1. The van der Waals surface area contributed by atoms with Gasteiger partial charge in [-0.15, -0.1) is 11.3 Å². The van der Waals surface area contributed by atoms with E-state index in [4.69, 9.17) is 0 Å². The molecule has 0 bridgehead atoms. The zero-order valence-corrected chi connectivity index (χ0v) is 10.5. The largest absolute Gasteiger partial charge is 0.305 e. The van der Waals surface area contributed by atoms with Crippen molar-refractivity contribution in [3.8, 4) is 0 Å². The standard InChI is InChI=1S/C12H17N3S/c1-3-11-4-5-12(16-11)9(2)13-6-10-7-14-15-8-10/h4-5,7-9,13H,3,6H2,1-2H3,(H,14,15). The number of thiophene rings is 1. The lowest BCUT2D eigenvalue weighted by Crippen LogP contribution is -2.16. The lowest BCUT2D eigenvalue weighted by atomic mass is 10.2. The minimum absolute atomic E-state index is 0.403. The molecule has 0 spiro atoms. The smallest absolute Gasteiger partial charge is 0.0532 e. The molecule has 16 heavy (non-hydrogen) atoms. The summed E-state index contributed by atoms with van der Waals surface area (Å²) in [5.41, 5.74) is 1.19. The topological polar surface area (TPSA) is 40.7 Å². The number of aromatic amines is 1. The molecule has 0 saturated carbocycles. The first kappa shape index (κ1) is 11.4. The molecular formula is C12H17N3S. The molecule has 2 aromatic heterocycles. The Labute approximate surface area is 99.9 Å². The molecule has 0 radical (unpaired) electrons. The molecule has 2 aromatic rings. The fourth-order valence-electron chi connectivity index (χ4n) is 1.56. The molecule has 2 heterocycles. The fourth-order valence-corrected chi connectivity index (χ4v) is 2.54. The highest BCUT2D eigenvalue weighted by atomic mass is 32.1. The van der Waals surface area contributed by atoms with Crippen LogP contribution in [0, 0.1) is 0 Å². The van der Waals surface area contributed by atoms with Crippen LogP contribution in [0.1, 0.15) is 35.2 Å². The Morgan fingerprint density at radius 1 is 1.50 bits per heavy atom. The second kappa shape index (κ2) is 5.27. The van der Waals surface area contributed by atoms with Crippen LogP contribution < -0.4 is 5.32 Å². The fraction of sp³-hybridized carbons (Fsp3) is 0.417. The van der Waals surface area contributed by atoms with Crippen LogP contribution in [0.15, 0.2) is 24.5 Å². The summed E-state index contributed by atoms with van der Waals surface area (Å²) in [4.78, 5) is 2.85. The average Bonchev–Trinajstić information content (AvgIpc) is 2.96. The minimum atomic E-state index is 0.403. The normalized spacial score (nSPS) is 12.9. The molecule has 2 N–H and O–H groups in total. The van der Waals surface area contributed by atoms with Crippen molar-refractivity contribution in [2.75, 3.05) is 0 Å². The van der Waals surface area contributed by atoms with Crippen molar-refractivity contribution < 1.29 is 0 Å². The third-order valence-electron chi connectivity index (χ3n) is 2.62. The van der Waals surface area contributed by atoms with Crippen molar-refractivity contribution in [2.45, 2.75) is 32.9 Å². The predicted octanol–water partition coefficient (Wildman–Crippen LogP) is 2.88. The van der Waals surface area contributed by atoms with Crippen LogP contribution in [-0.4, -0.2) is 10.2 Å². The maximum Gasteiger partial charge on any atom is 0.0532 e. The summed E-state index contributed by atoms with van der Waals surface area (Å²) in [6.45, 7) is 5.25. The Bertz CT molecular complexity index is 419. The van der Waals surface area contributed by atoms with Gasteiger partial charge in [-0.25, -0.2) is 0 Å². The van der Waals surface area contributed by atoms with Gasteiger partial charge in [0.2, 0.25) is 0 Å². The highest BCUT2D eigenvalue weighted by Crippen LogP contribution is 2.23. The van der Waals surface area contributed by atoms with Crippen LogP contribution >= 0.6 is 11.3 Å². The highest BCUT2D eigenvalue weighted by Gasteiger charge is 2.07. The third-order valence-corrected chi connectivity index (χ3v) is 4.04. The molecule has 4 heteroatoms. The Morgan fingerprint density at radius 3 is 3.00 bits per heavy atom. The van der Waals surface area contributed by atoms with Gasteiger partial charge in [-0.2, -0.15) is 5.10 Å². The van der Waals surface area contributed by atoms with E-state index >= 15 is 0 Å². The number of hydrogen-bond acceptors (Lipinski definition) is 3. The van der Waals surface area contributed by atoms with Gasteiger partial charge in [-0.1, -0.05) is 6.92 Å². The van der Waals surface area contributed by atoms with Crippen LogP contribution in [0.25, 0.3) is 0 Å². The number of aromatic nitrogens is 2. The van der Waals surface area contributed by atoms with Crippen molar-refractivity contribution in [1.29, 1.82) is 0 Å². The summed E-state index contributed by atoms with van der Waals surface area (Å²) in [7, 11) is 0. The number of rotatable bonds is 5. The zero-order valence-electron chi connectivity index (χ0n) is 9.66. The molecule has 2 rings (SSSR count). The van der Waals surface area contributed by atoms with Gasteiger partial charge in [0.15, 0.2) is 0 Å². The van der Waals surface area contributed by atoms with E-state index in [-0.39, 0.29) is 0 Å². The van der Waals surface area contributed by atoms with E-state index in [1.807, 2.05) is 23.7 Å². The van der Waals surface area contributed by atoms with Crippen LogP contribution in [0.4, 0.5) is 0 Å². The second-order valence-corrected chi connectivity index (χ2v) is 5.07. The van der Waals surface area contributed by atoms with Crippen LogP contribution in [0.2, 0.25) is 0 Å². The molecule has 0 aliphatic carbocycles. The molecular weight excluding hydrogens is 218 g/mol. The molecule has 0 aliphatic rings. The number of nitrogens with one attached hydrogen (secondary N) is 2. The quantitative estimate of drug-likeness (QED) is 0.836. The summed E-state index contributed by atoms with van der Waals surface area (Å²) < 4.78 is 0. The van der Waals surface area contributed by atoms with E-state index in [1.165, 1.54) is 15.3 Å². The molecule has 0 saturated heterocycles.